The Morgan fingerprint density at radius 2 is 0.982 bits per heavy atom. The number of phosphoric acid groups is 1. The van der Waals surface area contributed by atoms with Crippen LogP contribution in [0.1, 0.15) is 206 Å². The van der Waals surface area contributed by atoms with E-state index in [2.05, 4.69) is 38.2 Å². The molecule has 9 nitrogen and oxygen atoms in total. The van der Waals surface area contributed by atoms with Gasteiger partial charge < -0.3 is 19.3 Å². The Morgan fingerprint density at radius 3 is 1.47 bits per heavy atom. The third-order valence-corrected chi connectivity index (χ3v) is 10.7. The molecule has 0 saturated carbocycles. The molecule has 0 spiro atoms. The molecule has 1 N–H and O–H groups in total. The molecule has 2 atom stereocenters. The van der Waals surface area contributed by atoms with E-state index in [1.165, 1.54) is 128 Å². The van der Waals surface area contributed by atoms with E-state index in [1.54, 1.807) is 0 Å². The van der Waals surface area contributed by atoms with Crippen molar-refractivity contribution in [2.24, 2.45) is 0 Å². The summed E-state index contributed by atoms with van der Waals surface area (Å²) in [7, 11) is -0.708. The Balaban J connectivity index is 4.24. The minimum atomic E-state index is -4.36. The van der Waals surface area contributed by atoms with Gasteiger partial charge in [0, 0.05) is 19.4 Å². The molecule has 0 aromatic heterocycles. The lowest BCUT2D eigenvalue weighted by atomic mass is 10.0. The van der Waals surface area contributed by atoms with E-state index in [1.807, 2.05) is 19.0 Å². The van der Waals surface area contributed by atoms with Crippen molar-refractivity contribution in [1.29, 1.82) is 0 Å². The zero-order chi connectivity index (χ0) is 40.5. The van der Waals surface area contributed by atoms with Gasteiger partial charge in [-0.2, -0.15) is 0 Å². The van der Waals surface area contributed by atoms with Gasteiger partial charge in [-0.05, 0) is 59.0 Å². The number of carbonyl (C=O) groups excluding carboxylic acids is 2. The summed E-state index contributed by atoms with van der Waals surface area (Å²) in [5.41, 5.74) is 0. The van der Waals surface area contributed by atoms with Crippen molar-refractivity contribution in [3.63, 3.8) is 0 Å². The van der Waals surface area contributed by atoms with Gasteiger partial charge in [-0.1, -0.05) is 173 Å². The van der Waals surface area contributed by atoms with Crippen LogP contribution in [-0.4, -0.2) is 68.3 Å². The van der Waals surface area contributed by atoms with Crippen molar-refractivity contribution < 1.29 is 37.6 Å². The highest BCUT2D eigenvalue weighted by atomic mass is 31.2. The summed E-state index contributed by atoms with van der Waals surface area (Å²) in [6, 6.07) is 0. The number of ether oxygens (including phenoxy) is 2. The number of nitrogens with zero attached hydrogens (tertiary/aromatic N) is 1. The quantitative estimate of drug-likeness (QED) is 0.0279. The first-order valence-corrected chi connectivity index (χ1v) is 24.1. The van der Waals surface area contributed by atoms with Crippen LogP contribution in [0.4, 0.5) is 0 Å². The smallest absolute Gasteiger partial charge is 0.462 e. The van der Waals surface area contributed by atoms with Gasteiger partial charge in [-0.15, -0.1) is 0 Å². The molecule has 0 aliphatic carbocycles. The summed E-state index contributed by atoms with van der Waals surface area (Å²) in [5, 5.41) is 0. The van der Waals surface area contributed by atoms with E-state index in [0.29, 0.717) is 19.4 Å². The Morgan fingerprint density at radius 1 is 0.564 bits per heavy atom. The first-order chi connectivity index (χ1) is 26.7. The Kier molecular flexibility index (Phi) is 39.6. The van der Waals surface area contributed by atoms with E-state index in [0.717, 1.165) is 44.9 Å². The predicted molar refractivity (Wildman–Crippen MR) is 229 cm³/mol. The first-order valence-electron chi connectivity index (χ1n) is 22.6. The molecule has 2 unspecified atom stereocenters. The number of rotatable bonds is 42. The molecular formula is C45H86NO8P. The second kappa shape index (κ2) is 40.7. The number of unbranched alkanes of at least 4 members (excludes halogenated alkanes) is 24. The van der Waals surface area contributed by atoms with Gasteiger partial charge in [0.2, 0.25) is 0 Å². The van der Waals surface area contributed by atoms with Crippen LogP contribution in [0, 0.1) is 0 Å². The average Bonchev–Trinajstić information content (AvgIpc) is 3.15. The third-order valence-electron chi connectivity index (χ3n) is 9.76. The number of likely N-dealkylation sites (N-methyl/N-ethyl adjacent to an activating group) is 1. The Bertz CT molecular complexity index is 973. The summed E-state index contributed by atoms with van der Waals surface area (Å²) in [6.45, 7) is 4.31. The van der Waals surface area contributed by atoms with Crippen LogP contribution in [0.2, 0.25) is 0 Å². The summed E-state index contributed by atoms with van der Waals surface area (Å²) < 4.78 is 33.5. The number of hydrogen-bond acceptors (Lipinski definition) is 8. The maximum absolute atomic E-state index is 12.7. The van der Waals surface area contributed by atoms with Gasteiger partial charge in [0.05, 0.1) is 13.2 Å². The molecule has 0 saturated heterocycles. The summed E-state index contributed by atoms with van der Waals surface area (Å²) in [5.74, 6) is -0.800. The van der Waals surface area contributed by atoms with Gasteiger partial charge >= 0.3 is 19.8 Å². The minimum Gasteiger partial charge on any atom is -0.462 e. The van der Waals surface area contributed by atoms with Crippen LogP contribution < -0.4 is 0 Å². The van der Waals surface area contributed by atoms with Crippen molar-refractivity contribution in [3.05, 3.63) is 24.3 Å². The topological polar surface area (TPSA) is 112 Å². The van der Waals surface area contributed by atoms with E-state index in [-0.39, 0.29) is 25.6 Å². The van der Waals surface area contributed by atoms with Crippen molar-refractivity contribution in [2.75, 3.05) is 40.5 Å². The highest BCUT2D eigenvalue weighted by Crippen LogP contribution is 2.43. The molecule has 10 heteroatoms. The molecule has 0 radical (unpaired) electrons. The number of allylic oxidation sites excluding steroid dienone is 4. The number of hydrogen-bond donors (Lipinski definition) is 1. The van der Waals surface area contributed by atoms with Gasteiger partial charge in [0.25, 0.3) is 0 Å². The normalized spacial score (nSPS) is 13.6. The van der Waals surface area contributed by atoms with Crippen molar-refractivity contribution in [2.45, 2.75) is 213 Å². The number of phosphoric ester groups is 1. The summed E-state index contributed by atoms with van der Waals surface area (Å²) >= 11 is 0. The maximum Gasteiger partial charge on any atom is 0.472 e. The van der Waals surface area contributed by atoms with Crippen molar-refractivity contribution in [3.8, 4) is 0 Å². The largest absolute Gasteiger partial charge is 0.472 e. The second-order valence-electron chi connectivity index (χ2n) is 15.6. The van der Waals surface area contributed by atoms with Gasteiger partial charge in [0.1, 0.15) is 6.61 Å². The van der Waals surface area contributed by atoms with Gasteiger partial charge in [-0.25, -0.2) is 4.57 Å². The molecule has 0 aromatic carbocycles. The molecule has 0 aromatic rings. The fourth-order valence-electron chi connectivity index (χ4n) is 6.25. The van der Waals surface area contributed by atoms with Crippen molar-refractivity contribution in [1.82, 2.24) is 4.90 Å². The number of esters is 2. The highest BCUT2D eigenvalue weighted by molar-refractivity contribution is 7.47. The highest BCUT2D eigenvalue weighted by Gasteiger charge is 2.26. The van der Waals surface area contributed by atoms with Crippen LogP contribution in [-0.2, 0) is 32.7 Å². The summed E-state index contributed by atoms with van der Waals surface area (Å²) in [4.78, 5) is 37.0. The van der Waals surface area contributed by atoms with Crippen LogP contribution in [0.25, 0.3) is 0 Å². The Labute approximate surface area is 338 Å². The van der Waals surface area contributed by atoms with Crippen molar-refractivity contribution >= 4 is 19.8 Å². The third kappa shape index (κ3) is 41.9. The van der Waals surface area contributed by atoms with Gasteiger partial charge in [-0.3, -0.25) is 18.6 Å². The summed E-state index contributed by atoms with van der Waals surface area (Å²) in [6.07, 6.45) is 42.1. The molecule has 0 amide bonds. The van der Waals surface area contributed by atoms with E-state index < -0.39 is 26.5 Å². The molecule has 0 aliphatic rings. The molecular weight excluding hydrogens is 713 g/mol. The predicted octanol–water partition coefficient (Wildman–Crippen LogP) is 13.0. The minimum absolute atomic E-state index is 0.00845. The monoisotopic (exact) mass is 800 g/mol. The van der Waals surface area contributed by atoms with Crippen LogP contribution in [0.3, 0.4) is 0 Å². The zero-order valence-corrected chi connectivity index (χ0v) is 37.0. The fraction of sp³-hybridized carbons (Fsp3) is 0.867. The van der Waals surface area contributed by atoms with Crippen LogP contribution in [0.5, 0.6) is 0 Å². The van der Waals surface area contributed by atoms with Crippen LogP contribution in [0.15, 0.2) is 24.3 Å². The standard InChI is InChI=1S/C45H86NO8P/c1-5-7-9-11-13-15-17-19-20-21-22-23-24-26-28-30-32-34-36-38-45(48)54-43(42-53-55(49,50)52-40-39-46(3)4)41-51-44(47)37-35-33-31-29-27-25-18-16-14-12-10-8-6-2/h13,15,19-20,43H,5-12,14,16-18,21-42H2,1-4H3,(H,49,50)/b15-13-,20-19-. The molecule has 0 fully saturated rings. The van der Waals surface area contributed by atoms with E-state index in [9.17, 15) is 19.0 Å². The lowest BCUT2D eigenvalue weighted by Crippen LogP contribution is -2.29. The molecule has 0 rings (SSSR count). The fourth-order valence-corrected chi connectivity index (χ4v) is 6.99. The first kappa shape index (κ1) is 53.5. The molecule has 0 aliphatic heterocycles. The molecule has 324 valence electrons. The number of carbonyl (C=O) groups is 2. The molecule has 55 heavy (non-hydrogen) atoms. The maximum atomic E-state index is 12.7. The lowest BCUT2D eigenvalue weighted by molar-refractivity contribution is -0.161. The lowest BCUT2D eigenvalue weighted by Gasteiger charge is -2.20. The van der Waals surface area contributed by atoms with Gasteiger partial charge in [0.15, 0.2) is 6.10 Å². The van der Waals surface area contributed by atoms with E-state index >= 15 is 0 Å². The molecule has 0 bridgehead atoms. The SMILES string of the molecule is CCCCC/C=C\C/C=C\CCCCCCCCCCCC(=O)OC(COC(=O)CCCCCCCCCCCCCCC)COP(=O)(O)OCCN(C)C. The zero-order valence-electron chi connectivity index (χ0n) is 36.1. The Hall–Kier alpha value is -1.51. The second-order valence-corrected chi connectivity index (χ2v) is 17.0. The van der Waals surface area contributed by atoms with E-state index in [4.69, 9.17) is 18.5 Å². The molecule has 0 heterocycles. The average molecular weight is 800 g/mol. The van der Waals surface area contributed by atoms with Crippen LogP contribution >= 0.6 is 7.82 Å².